The predicted molar refractivity (Wildman–Crippen MR) is 84.5 cm³/mol. The van der Waals surface area contributed by atoms with Gasteiger partial charge in [0.2, 0.25) is 5.75 Å². The Morgan fingerprint density at radius 1 is 0.952 bits per heavy atom. The van der Waals surface area contributed by atoms with Gasteiger partial charge in [-0.3, -0.25) is 0 Å². The lowest BCUT2D eigenvalue weighted by Gasteiger charge is -2.31. The first kappa shape index (κ1) is 16.0. The van der Waals surface area contributed by atoms with Crippen molar-refractivity contribution in [1.82, 2.24) is 5.32 Å². The largest absolute Gasteiger partial charge is 0.493 e. The molecule has 1 aromatic rings. The second-order valence-corrected chi connectivity index (χ2v) is 5.59. The van der Waals surface area contributed by atoms with Crippen LogP contribution < -0.4 is 19.5 Å². The van der Waals surface area contributed by atoms with Crippen LogP contribution in [0.4, 0.5) is 0 Å². The number of nitrogens with one attached hydrogen (secondary N) is 1. The van der Waals surface area contributed by atoms with Crippen LogP contribution in [0.2, 0.25) is 0 Å². The molecule has 0 heterocycles. The molecule has 118 valence electrons. The third-order valence-corrected chi connectivity index (χ3v) is 4.50. The SMILES string of the molecule is CNC(c1ccc(OC)c(OC)c1OC)C1CCCCC1. The standard InChI is InChI=1S/C17H27NO3/c1-18-15(12-8-6-5-7-9-12)13-10-11-14(19-2)17(21-4)16(13)20-3/h10-12,15,18H,5-9H2,1-4H3. The average Bonchev–Trinajstić information content (AvgIpc) is 2.55. The van der Waals surface area contributed by atoms with Gasteiger partial charge in [0.05, 0.1) is 21.3 Å². The van der Waals surface area contributed by atoms with Gasteiger partial charge in [0.1, 0.15) is 0 Å². The molecule has 4 heteroatoms. The Bertz CT molecular complexity index is 456. The van der Waals surface area contributed by atoms with E-state index in [1.54, 1.807) is 21.3 Å². The van der Waals surface area contributed by atoms with Gasteiger partial charge < -0.3 is 19.5 Å². The zero-order chi connectivity index (χ0) is 15.2. The van der Waals surface area contributed by atoms with Crippen molar-refractivity contribution >= 4 is 0 Å². The van der Waals surface area contributed by atoms with Gasteiger partial charge in [-0.05, 0) is 37.9 Å². The van der Waals surface area contributed by atoms with Crippen molar-refractivity contribution in [2.45, 2.75) is 38.1 Å². The van der Waals surface area contributed by atoms with Crippen molar-refractivity contribution < 1.29 is 14.2 Å². The van der Waals surface area contributed by atoms with Crippen LogP contribution in [0.1, 0.15) is 43.7 Å². The highest BCUT2D eigenvalue weighted by Crippen LogP contribution is 2.45. The Morgan fingerprint density at radius 2 is 1.62 bits per heavy atom. The normalized spacial score (nSPS) is 17.3. The third kappa shape index (κ3) is 3.26. The molecule has 1 aliphatic carbocycles. The zero-order valence-electron chi connectivity index (χ0n) is 13.6. The molecular weight excluding hydrogens is 266 g/mol. The number of methoxy groups -OCH3 is 3. The summed E-state index contributed by atoms with van der Waals surface area (Å²) >= 11 is 0. The second-order valence-electron chi connectivity index (χ2n) is 5.59. The molecule has 1 aliphatic rings. The second kappa shape index (κ2) is 7.55. The van der Waals surface area contributed by atoms with Crippen LogP contribution in [0.5, 0.6) is 17.2 Å². The minimum atomic E-state index is 0.292. The van der Waals surface area contributed by atoms with E-state index in [1.165, 1.54) is 32.1 Å². The molecule has 0 saturated heterocycles. The monoisotopic (exact) mass is 293 g/mol. The lowest BCUT2D eigenvalue weighted by atomic mass is 9.81. The Morgan fingerprint density at radius 3 is 2.14 bits per heavy atom. The zero-order valence-corrected chi connectivity index (χ0v) is 13.6. The van der Waals surface area contributed by atoms with Gasteiger partial charge in [0, 0.05) is 11.6 Å². The summed E-state index contributed by atoms with van der Waals surface area (Å²) in [5.41, 5.74) is 1.16. The fourth-order valence-electron chi connectivity index (χ4n) is 3.48. The summed E-state index contributed by atoms with van der Waals surface area (Å²) in [6, 6.07) is 4.35. The Kier molecular flexibility index (Phi) is 5.74. The molecule has 0 radical (unpaired) electrons. The van der Waals surface area contributed by atoms with Crippen LogP contribution in [0.15, 0.2) is 12.1 Å². The van der Waals surface area contributed by atoms with Gasteiger partial charge in [-0.25, -0.2) is 0 Å². The summed E-state index contributed by atoms with van der Waals surface area (Å²) in [5, 5.41) is 3.48. The van der Waals surface area contributed by atoms with E-state index in [-0.39, 0.29) is 0 Å². The molecule has 4 nitrogen and oxygen atoms in total. The molecule has 0 spiro atoms. The first-order chi connectivity index (χ1) is 10.3. The minimum absolute atomic E-state index is 0.292. The number of ether oxygens (including phenoxy) is 3. The van der Waals surface area contributed by atoms with E-state index in [0.717, 1.165) is 11.3 Å². The van der Waals surface area contributed by atoms with Crippen molar-refractivity contribution in [2.75, 3.05) is 28.4 Å². The molecule has 0 bridgehead atoms. The molecule has 1 aromatic carbocycles. The van der Waals surface area contributed by atoms with E-state index in [2.05, 4.69) is 11.4 Å². The van der Waals surface area contributed by atoms with Crippen molar-refractivity contribution in [1.29, 1.82) is 0 Å². The topological polar surface area (TPSA) is 39.7 Å². The number of hydrogen-bond acceptors (Lipinski definition) is 4. The van der Waals surface area contributed by atoms with E-state index in [1.807, 2.05) is 13.1 Å². The fourth-order valence-corrected chi connectivity index (χ4v) is 3.48. The van der Waals surface area contributed by atoms with Crippen LogP contribution in [-0.2, 0) is 0 Å². The van der Waals surface area contributed by atoms with Crippen molar-refractivity contribution in [3.63, 3.8) is 0 Å². The van der Waals surface area contributed by atoms with E-state index >= 15 is 0 Å². The summed E-state index contributed by atoms with van der Waals surface area (Å²) in [7, 11) is 7.01. The van der Waals surface area contributed by atoms with Gasteiger partial charge in [0.15, 0.2) is 11.5 Å². The summed E-state index contributed by atoms with van der Waals surface area (Å²) in [4.78, 5) is 0. The Hall–Kier alpha value is -1.42. The van der Waals surface area contributed by atoms with Crippen LogP contribution in [0.25, 0.3) is 0 Å². The molecule has 21 heavy (non-hydrogen) atoms. The minimum Gasteiger partial charge on any atom is -0.493 e. The van der Waals surface area contributed by atoms with E-state index in [9.17, 15) is 0 Å². The number of benzene rings is 1. The molecule has 1 N–H and O–H groups in total. The van der Waals surface area contributed by atoms with Crippen molar-refractivity contribution in [2.24, 2.45) is 5.92 Å². The molecule has 1 saturated carbocycles. The maximum absolute atomic E-state index is 5.64. The first-order valence-electron chi connectivity index (χ1n) is 7.72. The highest BCUT2D eigenvalue weighted by atomic mass is 16.5. The smallest absolute Gasteiger partial charge is 0.203 e. The molecule has 2 rings (SSSR count). The predicted octanol–water partition coefficient (Wildman–Crippen LogP) is 3.55. The van der Waals surface area contributed by atoms with Crippen molar-refractivity contribution in [3.8, 4) is 17.2 Å². The quantitative estimate of drug-likeness (QED) is 0.870. The molecule has 1 atom stereocenters. The van der Waals surface area contributed by atoms with E-state index in [0.29, 0.717) is 23.5 Å². The van der Waals surface area contributed by atoms with Gasteiger partial charge in [0.25, 0.3) is 0 Å². The lowest BCUT2D eigenvalue weighted by Crippen LogP contribution is -2.27. The first-order valence-corrected chi connectivity index (χ1v) is 7.72. The van der Waals surface area contributed by atoms with Crippen LogP contribution in [-0.4, -0.2) is 28.4 Å². The molecule has 0 amide bonds. The van der Waals surface area contributed by atoms with E-state index in [4.69, 9.17) is 14.2 Å². The van der Waals surface area contributed by atoms with Crippen molar-refractivity contribution in [3.05, 3.63) is 17.7 Å². The summed E-state index contributed by atoms with van der Waals surface area (Å²) in [5.74, 6) is 2.81. The Labute approximate surface area is 127 Å². The maximum atomic E-state index is 5.64. The highest BCUT2D eigenvalue weighted by Gasteiger charge is 2.28. The molecular formula is C17H27NO3. The summed E-state index contributed by atoms with van der Waals surface area (Å²) in [6.45, 7) is 0. The maximum Gasteiger partial charge on any atom is 0.203 e. The summed E-state index contributed by atoms with van der Waals surface area (Å²) < 4.78 is 16.5. The highest BCUT2D eigenvalue weighted by molar-refractivity contribution is 5.56. The molecule has 0 aromatic heterocycles. The van der Waals surface area contributed by atoms with E-state index < -0.39 is 0 Å². The van der Waals surface area contributed by atoms with Gasteiger partial charge >= 0.3 is 0 Å². The van der Waals surface area contributed by atoms with Crippen LogP contribution >= 0.6 is 0 Å². The Balaban J connectivity index is 2.40. The van der Waals surface area contributed by atoms with Crippen LogP contribution in [0, 0.1) is 5.92 Å². The molecule has 0 aliphatic heterocycles. The summed E-state index contributed by atoms with van der Waals surface area (Å²) in [6.07, 6.45) is 6.53. The number of hydrogen-bond donors (Lipinski definition) is 1. The van der Waals surface area contributed by atoms with Gasteiger partial charge in [-0.15, -0.1) is 0 Å². The fraction of sp³-hybridized carbons (Fsp3) is 0.647. The molecule has 1 fully saturated rings. The molecule has 1 unspecified atom stereocenters. The van der Waals surface area contributed by atoms with Gasteiger partial charge in [-0.1, -0.05) is 19.3 Å². The average molecular weight is 293 g/mol. The van der Waals surface area contributed by atoms with Crippen LogP contribution in [0.3, 0.4) is 0 Å². The number of rotatable bonds is 6. The lowest BCUT2D eigenvalue weighted by molar-refractivity contribution is 0.270. The van der Waals surface area contributed by atoms with Gasteiger partial charge in [-0.2, -0.15) is 0 Å². The third-order valence-electron chi connectivity index (χ3n) is 4.50.